The van der Waals surface area contributed by atoms with Crippen LogP contribution in [0.4, 0.5) is 0 Å². The second-order valence-corrected chi connectivity index (χ2v) is 5.52. The van der Waals surface area contributed by atoms with Crippen LogP contribution in [0.15, 0.2) is 0 Å². The van der Waals surface area contributed by atoms with Gasteiger partial charge in [0.25, 0.3) is 0 Å². The Morgan fingerprint density at radius 1 is 1.35 bits per heavy atom. The number of nitrogens with one attached hydrogen (secondary N) is 1. The summed E-state index contributed by atoms with van der Waals surface area (Å²) in [5.74, 6) is 0.496. The summed E-state index contributed by atoms with van der Waals surface area (Å²) in [5, 5.41) is 2.85. The second kappa shape index (κ2) is 4.64. The molecule has 2 aliphatic carbocycles. The van der Waals surface area contributed by atoms with Gasteiger partial charge in [0.2, 0.25) is 11.8 Å². The minimum atomic E-state index is -0.393. The molecular formula is C12H21N3O2. The third-order valence-electron chi connectivity index (χ3n) is 4.18. The molecule has 0 heterocycles. The number of nitrogens with two attached hydrogens (primary N) is 2. The van der Waals surface area contributed by atoms with E-state index >= 15 is 0 Å². The maximum Gasteiger partial charge on any atom is 0.225 e. The standard InChI is InChI=1S/C12H21N3O2/c1-6(4-9(13)16)15-12(17)10-7-2-3-8(5-7)11(10)14/h6-8,10-11H,2-5,14H2,1H3,(H2,13,16)(H,15,17). The fourth-order valence-corrected chi connectivity index (χ4v) is 3.42. The van der Waals surface area contributed by atoms with Gasteiger partial charge in [-0.25, -0.2) is 0 Å². The number of primary amides is 1. The quantitative estimate of drug-likeness (QED) is 0.630. The number of carbonyl (C=O) groups excluding carboxylic acids is 2. The lowest BCUT2D eigenvalue weighted by Crippen LogP contribution is -2.48. The average molecular weight is 239 g/mol. The molecule has 0 aromatic rings. The van der Waals surface area contributed by atoms with Gasteiger partial charge in [-0.3, -0.25) is 9.59 Å². The Kier molecular flexibility index (Phi) is 3.38. The molecule has 0 aromatic heterocycles. The van der Waals surface area contributed by atoms with Crippen molar-refractivity contribution in [2.45, 2.75) is 44.7 Å². The van der Waals surface area contributed by atoms with E-state index in [1.165, 1.54) is 0 Å². The van der Waals surface area contributed by atoms with Crippen LogP contribution in [0, 0.1) is 17.8 Å². The first-order valence-electron chi connectivity index (χ1n) is 6.33. The van der Waals surface area contributed by atoms with Crippen LogP contribution in [0.25, 0.3) is 0 Å². The van der Waals surface area contributed by atoms with Crippen molar-refractivity contribution in [1.29, 1.82) is 0 Å². The van der Waals surface area contributed by atoms with E-state index < -0.39 is 5.91 Å². The lowest BCUT2D eigenvalue weighted by Gasteiger charge is -2.28. The molecule has 0 aliphatic heterocycles. The average Bonchev–Trinajstić information content (AvgIpc) is 2.75. The first kappa shape index (κ1) is 12.4. The summed E-state index contributed by atoms with van der Waals surface area (Å²) in [4.78, 5) is 22.8. The zero-order valence-corrected chi connectivity index (χ0v) is 10.2. The Hall–Kier alpha value is -1.10. The molecular weight excluding hydrogens is 218 g/mol. The highest BCUT2D eigenvalue weighted by molar-refractivity contribution is 5.82. The van der Waals surface area contributed by atoms with Crippen LogP contribution in [0.3, 0.4) is 0 Å². The van der Waals surface area contributed by atoms with Gasteiger partial charge in [-0.2, -0.15) is 0 Å². The maximum absolute atomic E-state index is 12.1. The van der Waals surface area contributed by atoms with Crippen molar-refractivity contribution in [2.24, 2.45) is 29.2 Å². The number of hydrogen-bond donors (Lipinski definition) is 3. The molecule has 17 heavy (non-hydrogen) atoms. The van der Waals surface area contributed by atoms with Crippen LogP contribution in [0.2, 0.25) is 0 Å². The molecule has 5 unspecified atom stereocenters. The molecule has 2 amide bonds. The summed E-state index contributed by atoms with van der Waals surface area (Å²) in [5.41, 5.74) is 11.2. The van der Waals surface area contributed by atoms with Crippen LogP contribution >= 0.6 is 0 Å². The highest BCUT2D eigenvalue weighted by atomic mass is 16.2. The Labute approximate surface area is 101 Å². The topological polar surface area (TPSA) is 98.2 Å². The molecule has 5 atom stereocenters. The minimum Gasteiger partial charge on any atom is -0.370 e. The summed E-state index contributed by atoms with van der Waals surface area (Å²) in [6.07, 6.45) is 3.54. The van der Waals surface area contributed by atoms with Crippen LogP contribution in [-0.2, 0) is 9.59 Å². The lowest BCUT2D eigenvalue weighted by atomic mass is 9.84. The molecule has 5 nitrogen and oxygen atoms in total. The molecule has 2 saturated carbocycles. The van der Waals surface area contributed by atoms with E-state index in [0.29, 0.717) is 11.8 Å². The summed E-state index contributed by atoms with van der Waals surface area (Å²) in [7, 11) is 0. The van der Waals surface area contributed by atoms with Crippen LogP contribution < -0.4 is 16.8 Å². The van der Waals surface area contributed by atoms with Gasteiger partial charge in [0.1, 0.15) is 0 Å². The number of carbonyl (C=O) groups is 2. The van der Waals surface area contributed by atoms with Crippen molar-refractivity contribution < 1.29 is 9.59 Å². The smallest absolute Gasteiger partial charge is 0.225 e. The molecule has 0 saturated heterocycles. The molecule has 2 aliphatic rings. The third-order valence-corrected chi connectivity index (χ3v) is 4.18. The highest BCUT2D eigenvalue weighted by Gasteiger charge is 2.49. The Bertz CT molecular complexity index is 330. The van der Waals surface area contributed by atoms with Crippen LogP contribution in [0.5, 0.6) is 0 Å². The van der Waals surface area contributed by atoms with Gasteiger partial charge in [0.15, 0.2) is 0 Å². The predicted molar refractivity (Wildman–Crippen MR) is 63.7 cm³/mol. The zero-order valence-electron chi connectivity index (χ0n) is 10.2. The Morgan fingerprint density at radius 2 is 2.00 bits per heavy atom. The fraction of sp³-hybridized carbons (Fsp3) is 0.833. The molecule has 96 valence electrons. The van der Waals surface area contributed by atoms with E-state index in [1.54, 1.807) is 6.92 Å². The third kappa shape index (κ3) is 2.44. The van der Waals surface area contributed by atoms with Gasteiger partial charge in [-0.1, -0.05) is 0 Å². The minimum absolute atomic E-state index is 0.00144. The number of fused-ring (bicyclic) bond motifs is 2. The van der Waals surface area contributed by atoms with Crippen LogP contribution in [0.1, 0.15) is 32.6 Å². The van der Waals surface area contributed by atoms with Gasteiger partial charge in [-0.05, 0) is 38.0 Å². The molecule has 2 rings (SSSR count). The Balaban J connectivity index is 1.90. The first-order chi connectivity index (χ1) is 7.99. The second-order valence-electron chi connectivity index (χ2n) is 5.52. The SMILES string of the molecule is CC(CC(N)=O)NC(=O)C1C2CCC(C2)C1N. The van der Waals surface area contributed by atoms with E-state index in [-0.39, 0.29) is 30.3 Å². The monoisotopic (exact) mass is 239 g/mol. The summed E-state index contributed by atoms with van der Waals surface area (Å²) in [6.45, 7) is 1.79. The molecule has 2 fully saturated rings. The van der Waals surface area contributed by atoms with Crippen LogP contribution in [-0.4, -0.2) is 23.9 Å². The van der Waals surface area contributed by atoms with Gasteiger partial charge in [0.05, 0.1) is 5.92 Å². The molecule has 5 heteroatoms. The van der Waals surface area contributed by atoms with E-state index in [4.69, 9.17) is 11.5 Å². The summed E-state index contributed by atoms with van der Waals surface area (Å²) >= 11 is 0. The summed E-state index contributed by atoms with van der Waals surface area (Å²) < 4.78 is 0. The fourth-order valence-electron chi connectivity index (χ4n) is 3.42. The largest absolute Gasteiger partial charge is 0.370 e. The first-order valence-corrected chi connectivity index (χ1v) is 6.33. The number of amides is 2. The van der Waals surface area contributed by atoms with Gasteiger partial charge >= 0.3 is 0 Å². The molecule has 5 N–H and O–H groups in total. The van der Waals surface area contributed by atoms with Gasteiger partial charge < -0.3 is 16.8 Å². The van der Waals surface area contributed by atoms with Crippen molar-refractivity contribution in [3.63, 3.8) is 0 Å². The summed E-state index contributed by atoms with van der Waals surface area (Å²) in [6, 6.07) is -0.208. The highest BCUT2D eigenvalue weighted by Crippen LogP contribution is 2.47. The van der Waals surface area contributed by atoms with Crippen molar-refractivity contribution >= 4 is 11.8 Å². The van der Waals surface area contributed by atoms with Crippen molar-refractivity contribution in [2.75, 3.05) is 0 Å². The van der Waals surface area contributed by atoms with Crippen molar-refractivity contribution in [3.8, 4) is 0 Å². The molecule has 0 aromatic carbocycles. The van der Waals surface area contributed by atoms with Crippen molar-refractivity contribution in [1.82, 2.24) is 5.32 Å². The Morgan fingerprint density at radius 3 is 2.53 bits per heavy atom. The van der Waals surface area contributed by atoms with Gasteiger partial charge in [-0.15, -0.1) is 0 Å². The predicted octanol–water partition coefficient (Wildman–Crippen LogP) is -0.260. The normalized spacial score (nSPS) is 36.8. The zero-order chi connectivity index (χ0) is 12.6. The lowest BCUT2D eigenvalue weighted by molar-refractivity contribution is -0.128. The maximum atomic E-state index is 12.1. The van der Waals surface area contributed by atoms with E-state index in [0.717, 1.165) is 19.3 Å². The number of hydrogen-bond acceptors (Lipinski definition) is 3. The molecule has 2 bridgehead atoms. The molecule has 0 radical (unpaired) electrons. The van der Waals surface area contributed by atoms with E-state index in [9.17, 15) is 9.59 Å². The van der Waals surface area contributed by atoms with E-state index in [1.807, 2.05) is 0 Å². The van der Waals surface area contributed by atoms with E-state index in [2.05, 4.69) is 5.32 Å². The molecule has 0 spiro atoms. The number of rotatable bonds is 4. The van der Waals surface area contributed by atoms with Gasteiger partial charge in [0, 0.05) is 18.5 Å². The van der Waals surface area contributed by atoms with Crippen molar-refractivity contribution in [3.05, 3.63) is 0 Å².